The molecule has 1 aromatic heterocycles. The number of aromatic nitrogens is 2. The molecule has 0 aliphatic heterocycles. The number of ether oxygens (including phenoxy) is 1. The summed E-state index contributed by atoms with van der Waals surface area (Å²) in [6.07, 6.45) is 4.39. The van der Waals surface area contributed by atoms with Crippen molar-refractivity contribution in [3.05, 3.63) is 47.3 Å². The minimum atomic E-state index is 0. The van der Waals surface area contributed by atoms with Crippen LogP contribution in [-0.2, 0) is 20.1 Å². The molecule has 2 aromatic rings. The van der Waals surface area contributed by atoms with Gasteiger partial charge in [0.15, 0.2) is 5.96 Å². The highest BCUT2D eigenvalue weighted by molar-refractivity contribution is 14.0. The quantitative estimate of drug-likeness (QED) is 0.343. The molecule has 27 heavy (non-hydrogen) atoms. The van der Waals surface area contributed by atoms with Crippen LogP contribution in [0.2, 0.25) is 0 Å². The van der Waals surface area contributed by atoms with Crippen LogP contribution >= 0.6 is 24.0 Å². The highest BCUT2D eigenvalue weighted by atomic mass is 127. The van der Waals surface area contributed by atoms with E-state index in [0.717, 1.165) is 42.0 Å². The lowest BCUT2D eigenvalue weighted by Gasteiger charge is -2.13. The zero-order valence-electron chi connectivity index (χ0n) is 16.4. The molecule has 1 aliphatic carbocycles. The Morgan fingerprint density at radius 2 is 2.11 bits per heavy atom. The van der Waals surface area contributed by atoms with E-state index in [2.05, 4.69) is 47.8 Å². The van der Waals surface area contributed by atoms with Gasteiger partial charge in [-0.2, -0.15) is 5.10 Å². The van der Waals surface area contributed by atoms with Gasteiger partial charge in [-0.3, -0.25) is 4.68 Å². The lowest BCUT2D eigenvalue weighted by atomic mass is 10.1. The van der Waals surface area contributed by atoms with Gasteiger partial charge in [-0.15, -0.1) is 24.0 Å². The number of nitrogens with one attached hydrogen (secondary N) is 2. The summed E-state index contributed by atoms with van der Waals surface area (Å²) in [5, 5.41) is 10.9. The summed E-state index contributed by atoms with van der Waals surface area (Å²) in [5.41, 5.74) is 3.44. The van der Waals surface area contributed by atoms with Crippen molar-refractivity contribution < 1.29 is 4.74 Å². The van der Waals surface area contributed by atoms with Gasteiger partial charge in [-0.1, -0.05) is 12.1 Å². The molecule has 0 saturated heterocycles. The first-order valence-corrected chi connectivity index (χ1v) is 9.37. The van der Waals surface area contributed by atoms with Gasteiger partial charge < -0.3 is 15.4 Å². The van der Waals surface area contributed by atoms with E-state index in [1.165, 1.54) is 18.4 Å². The number of benzene rings is 1. The van der Waals surface area contributed by atoms with Crippen LogP contribution in [0.5, 0.6) is 5.75 Å². The van der Waals surface area contributed by atoms with Crippen molar-refractivity contribution in [3.63, 3.8) is 0 Å². The fourth-order valence-corrected chi connectivity index (χ4v) is 2.67. The zero-order chi connectivity index (χ0) is 18.4. The Bertz CT molecular complexity index is 755. The van der Waals surface area contributed by atoms with Crippen LogP contribution in [0.15, 0.2) is 35.5 Å². The maximum absolute atomic E-state index is 6.05. The molecule has 0 atom stereocenters. The highest BCUT2D eigenvalue weighted by Crippen LogP contribution is 2.30. The second-order valence-electron chi connectivity index (χ2n) is 6.86. The molecular formula is C20H30IN5O. The maximum Gasteiger partial charge on any atom is 0.191 e. The average molecular weight is 483 g/mol. The highest BCUT2D eigenvalue weighted by Gasteiger charge is 2.22. The predicted molar refractivity (Wildman–Crippen MR) is 120 cm³/mol. The number of hydrogen-bond acceptors (Lipinski definition) is 3. The first-order valence-electron chi connectivity index (χ1n) is 9.37. The maximum atomic E-state index is 6.05. The fourth-order valence-electron chi connectivity index (χ4n) is 2.67. The van der Waals surface area contributed by atoms with E-state index in [1.54, 1.807) is 6.20 Å². The van der Waals surface area contributed by atoms with E-state index >= 15 is 0 Å². The predicted octanol–water partition coefficient (Wildman–Crippen LogP) is 3.39. The molecular weight excluding hydrogens is 453 g/mol. The van der Waals surface area contributed by atoms with E-state index in [0.29, 0.717) is 13.1 Å². The van der Waals surface area contributed by atoms with Gasteiger partial charge >= 0.3 is 0 Å². The number of aryl methyl sites for hydroxylation is 2. The molecule has 0 unspecified atom stereocenters. The van der Waals surface area contributed by atoms with Gasteiger partial charge in [0.25, 0.3) is 0 Å². The largest absolute Gasteiger partial charge is 0.493 e. The Morgan fingerprint density at radius 1 is 1.30 bits per heavy atom. The second-order valence-corrected chi connectivity index (χ2v) is 6.86. The number of nitrogens with zero attached hydrogens (tertiary/aromatic N) is 3. The summed E-state index contributed by atoms with van der Waals surface area (Å²) in [6, 6.07) is 8.35. The van der Waals surface area contributed by atoms with E-state index < -0.39 is 0 Å². The van der Waals surface area contributed by atoms with Gasteiger partial charge in [-0.05, 0) is 50.3 Å². The summed E-state index contributed by atoms with van der Waals surface area (Å²) >= 11 is 0. The van der Waals surface area contributed by atoms with E-state index in [1.807, 2.05) is 17.8 Å². The zero-order valence-corrected chi connectivity index (χ0v) is 18.7. The molecule has 1 aromatic carbocycles. The molecule has 6 nitrogen and oxygen atoms in total. The Balaban J connectivity index is 0.00000261. The molecule has 0 bridgehead atoms. The Kier molecular flexibility index (Phi) is 8.40. The summed E-state index contributed by atoms with van der Waals surface area (Å²) < 4.78 is 7.91. The molecule has 2 N–H and O–H groups in total. The lowest BCUT2D eigenvalue weighted by Crippen LogP contribution is -2.37. The van der Waals surface area contributed by atoms with Crippen LogP contribution in [0, 0.1) is 12.8 Å². The third kappa shape index (κ3) is 6.71. The van der Waals surface area contributed by atoms with Gasteiger partial charge in [0.05, 0.1) is 25.4 Å². The summed E-state index contributed by atoms with van der Waals surface area (Å²) in [6.45, 7) is 7.06. The Labute approximate surface area is 178 Å². The van der Waals surface area contributed by atoms with Crippen LogP contribution in [0.4, 0.5) is 0 Å². The number of guanidine groups is 1. The minimum Gasteiger partial charge on any atom is -0.493 e. The van der Waals surface area contributed by atoms with Gasteiger partial charge in [0.2, 0.25) is 0 Å². The number of halogens is 1. The molecule has 0 spiro atoms. The van der Waals surface area contributed by atoms with Crippen molar-refractivity contribution in [1.82, 2.24) is 20.4 Å². The molecule has 0 radical (unpaired) electrons. The monoisotopic (exact) mass is 483 g/mol. The van der Waals surface area contributed by atoms with Crippen molar-refractivity contribution in [2.24, 2.45) is 18.0 Å². The third-order valence-electron chi connectivity index (χ3n) is 4.51. The van der Waals surface area contributed by atoms with Crippen LogP contribution in [-0.4, -0.2) is 28.9 Å². The molecule has 0 amide bonds. The van der Waals surface area contributed by atoms with E-state index in [4.69, 9.17) is 9.73 Å². The minimum absolute atomic E-state index is 0. The van der Waals surface area contributed by atoms with Gasteiger partial charge in [0.1, 0.15) is 5.75 Å². The van der Waals surface area contributed by atoms with Gasteiger partial charge in [-0.25, -0.2) is 4.99 Å². The summed E-state index contributed by atoms with van der Waals surface area (Å²) in [5.74, 6) is 2.50. The topological polar surface area (TPSA) is 63.5 Å². The standard InChI is InChI=1S/C20H29N5O.HI/c1-4-21-20(23-13-18-9-10-24-25(18)3)22-12-17-8-5-15(2)11-19(17)26-14-16-6-7-16;/h5,8-11,16H,4,6-7,12-14H2,1-3H3,(H2,21,22,23);1H. The van der Waals surface area contributed by atoms with Crippen LogP contribution in [0.1, 0.15) is 36.6 Å². The molecule has 3 rings (SSSR count). The Hall–Kier alpha value is -1.77. The molecule has 1 saturated carbocycles. The first-order chi connectivity index (χ1) is 12.7. The average Bonchev–Trinajstić information content (AvgIpc) is 3.37. The lowest BCUT2D eigenvalue weighted by molar-refractivity contribution is 0.296. The van der Waals surface area contributed by atoms with Crippen molar-refractivity contribution in [2.75, 3.05) is 13.2 Å². The molecule has 1 fully saturated rings. The number of aliphatic imine (C=N–C) groups is 1. The SMILES string of the molecule is CCNC(=NCc1ccc(C)cc1OCC1CC1)NCc1ccnn1C.I. The molecule has 148 valence electrons. The first kappa shape index (κ1) is 21.5. The summed E-state index contributed by atoms with van der Waals surface area (Å²) in [4.78, 5) is 4.73. The van der Waals surface area contributed by atoms with E-state index in [9.17, 15) is 0 Å². The second kappa shape index (κ2) is 10.5. The van der Waals surface area contributed by atoms with Crippen molar-refractivity contribution >= 4 is 29.9 Å². The number of hydrogen-bond donors (Lipinski definition) is 2. The van der Waals surface area contributed by atoms with Crippen molar-refractivity contribution in [1.29, 1.82) is 0 Å². The van der Waals surface area contributed by atoms with Crippen LogP contribution in [0.3, 0.4) is 0 Å². The van der Waals surface area contributed by atoms with Crippen LogP contribution in [0.25, 0.3) is 0 Å². The number of rotatable bonds is 8. The van der Waals surface area contributed by atoms with Crippen molar-refractivity contribution in [3.8, 4) is 5.75 Å². The molecule has 1 aliphatic rings. The normalized spacial score (nSPS) is 13.8. The van der Waals surface area contributed by atoms with Gasteiger partial charge in [0, 0.05) is 25.4 Å². The fraction of sp³-hybridized carbons (Fsp3) is 0.500. The van der Waals surface area contributed by atoms with Crippen LogP contribution < -0.4 is 15.4 Å². The third-order valence-corrected chi connectivity index (χ3v) is 4.51. The Morgan fingerprint density at radius 3 is 2.78 bits per heavy atom. The smallest absolute Gasteiger partial charge is 0.191 e. The molecule has 7 heteroatoms. The summed E-state index contributed by atoms with van der Waals surface area (Å²) in [7, 11) is 1.94. The van der Waals surface area contributed by atoms with Crippen molar-refractivity contribution in [2.45, 2.75) is 39.8 Å². The molecule has 1 heterocycles. The van der Waals surface area contributed by atoms with E-state index in [-0.39, 0.29) is 24.0 Å².